The number of rotatable bonds is 2. The van der Waals surface area contributed by atoms with Crippen LogP contribution in [0.5, 0.6) is 0 Å². The molecule has 0 unspecified atom stereocenters. The fourth-order valence-corrected chi connectivity index (χ4v) is 3.90. The zero-order valence-electron chi connectivity index (χ0n) is 14.5. The third-order valence-electron chi connectivity index (χ3n) is 5.08. The van der Waals surface area contributed by atoms with Crippen LogP contribution in [-0.4, -0.2) is 58.3 Å². The van der Waals surface area contributed by atoms with Gasteiger partial charge in [-0.1, -0.05) is 15.9 Å². The first kappa shape index (κ1) is 15.8. The second-order valence-corrected chi connectivity index (χ2v) is 7.75. The van der Waals surface area contributed by atoms with Gasteiger partial charge in [-0.05, 0) is 43.4 Å². The van der Waals surface area contributed by atoms with Crippen LogP contribution in [0.2, 0.25) is 0 Å². The molecule has 2 aromatic heterocycles. The zero-order valence-corrected chi connectivity index (χ0v) is 16.0. The highest BCUT2D eigenvalue weighted by Crippen LogP contribution is 2.29. The van der Waals surface area contributed by atoms with Gasteiger partial charge in [-0.15, -0.1) is 0 Å². The fourth-order valence-electron chi connectivity index (χ4n) is 3.54. The van der Waals surface area contributed by atoms with Crippen LogP contribution in [0.3, 0.4) is 0 Å². The molecule has 5 rings (SSSR count). The van der Waals surface area contributed by atoms with Gasteiger partial charge >= 0.3 is 0 Å². The summed E-state index contributed by atoms with van der Waals surface area (Å²) in [6, 6.07) is 12.6. The molecule has 0 saturated carbocycles. The molecule has 2 aromatic carbocycles. The summed E-state index contributed by atoms with van der Waals surface area (Å²) in [5.74, 6) is 0.795. The Morgan fingerprint density at radius 1 is 1.00 bits per heavy atom. The number of halogens is 1. The third kappa shape index (κ3) is 2.68. The quantitative estimate of drug-likeness (QED) is 0.529. The number of anilines is 1. The number of fused-ring (bicyclic) bond motifs is 2. The van der Waals surface area contributed by atoms with Gasteiger partial charge in [0, 0.05) is 41.7 Å². The van der Waals surface area contributed by atoms with Gasteiger partial charge in [-0.3, -0.25) is 5.10 Å². The van der Waals surface area contributed by atoms with Crippen molar-refractivity contribution in [3.05, 3.63) is 40.9 Å². The average Bonchev–Trinajstić information content (AvgIpc) is 3.24. The Kier molecular flexibility index (Phi) is 3.72. The molecule has 1 aliphatic heterocycles. The van der Waals surface area contributed by atoms with E-state index < -0.39 is 0 Å². The first-order valence-corrected chi connectivity index (χ1v) is 9.54. The number of piperazine rings is 1. The number of aromatic amines is 2. The van der Waals surface area contributed by atoms with E-state index in [-0.39, 0.29) is 0 Å². The van der Waals surface area contributed by atoms with E-state index in [2.05, 4.69) is 72.2 Å². The highest BCUT2D eigenvalue weighted by Gasteiger charge is 2.16. The van der Waals surface area contributed by atoms with Gasteiger partial charge in [-0.2, -0.15) is 5.10 Å². The molecule has 0 bridgehead atoms. The third-order valence-corrected chi connectivity index (χ3v) is 5.58. The summed E-state index contributed by atoms with van der Waals surface area (Å²) in [5, 5.41) is 8.61. The number of hydrogen-bond donors (Lipinski definition) is 2. The number of H-pyrrole nitrogens is 2. The SMILES string of the molecule is CN1CCN(c2ccc3nc(-c4n[nH]c5cc(Br)ccc45)[nH]c3c2)CC1. The molecule has 0 radical (unpaired) electrons. The lowest BCUT2D eigenvalue weighted by Crippen LogP contribution is -2.44. The van der Waals surface area contributed by atoms with Crippen LogP contribution in [0.15, 0.2) is 40.9 Å². The molecule has 1 fully saturated rings. The minimum atomic E-state index is 0.795. The van der Waals surface area contributed by atoms with Crippen molar-refractivity contribution in [3.63, 3.8) is 0 Å². The Bertz CT molecular complexity index is 1090. The Balaban J connectivity index is 1.53. The van der Waals surface area contributed by atoms with Crippen LogP contribution < -0.4 is 4.90 Å². The van der Waals surface area contributed by atoms with Crippen molar-refractivity contribution in [3.8, 4) is 11.5 Å². The topological polar surface area (TPSA) is 63.8 Å². The maximum Gasteiger partial charge on any atom is 0.159 e. The highest BCUT2D eigenvalue weighted by atomic mass is 79.9. The molecule has 4 aromatic rings. The minimum Gasteiger partial charge on any atom is -0.369 e. The molecule has 6 nitrogen and oxygen atoms in total. The normalized spacial score (nSPS) is 16.0. The van der Waals surface area contributed by atoms with Crippen molar-refractivity contribution >= 4 is 43.6 Å². The second kappa shape index (κ2) is 6.10. The Hall–Kier alpha value is -2.38. The van der Waals surface area contributed by atoms with Crippen molar-refractivity contribution in [1.82, 2.24) is 25.1 Å². The van der Waals surface area contributed by atoms with Gasteiger partial charge in [0.2, 0.25) is 0 Å². The predicted octanol–water partition coefficient (Wildman–Crippen LogP) is 3.62. The molecular weight excluding hydrogens is 392 g/mol. The van der Waals surface area contributed by atoms with Gasteiger partial charge in [0.25, 0.3) is 0 Å². The molecule has 0 atom stereocenters. The minimum absolute atomic E-state index is 0.795. The van der Waals surface area contributed by atoms with Crippen molar-refractivity contribution in [2.24, 2.45) is 0 Å². The van der Waals surface area contributed by atoms with Crippen molar-refractivity contribution in [2.75, 3.05) is 38.1 Å². The summed E-state index contributed by atoms with van der Waals surface area (Å²) in [4.78, 5) is 13.0. The Morgan fingerprint density at radius 2 is 1.85 bits per heavy atom. The lowest BCUT2D eigenvalue weighted by atomic mass is 10.2. The number of nitrogens with zero attached hydrogens (tertiary/aromatic N) is 4. The molecular formula is C19H19BrN6. The van der Waals surface area contributed by atoms with Gasteiger partial charge in [0.15, 0.2) is 5.82 Å². The number of imidazole rings is 1. The van der Waals surface area contributed by atoms with Crippen LogP contribution in [0.25, 0.3) is 33.5 Å². The van der Waals surface area contributed by atoms with Crippen molar-refractivity contribution in [2.45, 2.75) is 0 Å². The monoisotopic (exact) mass is 410 g/mol. The second-order valence-electron chi connectivity index (χ2n) is 6.84. The number of benzene rings is 2. The predicted molar refractivity (Wildman–Crippen MR) is 109 cm³/mol. The molecule has 2 N–H and O–H groups in total. The number of nitrogens with one attached hydrogen (secondary N) is 2. The van der Waals surface area contributed by atoms with E-state index in [1.54, 1.807) is 0 Å². The summed E-state index contributed by atoms with van der Waals surface area (Å²) < 4.78 is 1.03. The molecule has 0 amide bonds. The van der Waals surface area contributed by atoms with Crippen LogP contribution in [-0.2, 0) is 0 Å². The molecule has 0 spiro atoms. The standard InChI is InChI=1S/C19H19BrN6/c1-25-6-8-26(9-7-25)13-3-5-15-17(11-13)22-19(21-15)18-14-4-2-12(20)10-16(14)23-24-18/h2-5,10-11H,6-9H2,1H3,(H,21,22)(H,23,24). The highest BCUT2D eigenvalue weighted by molar-refractivity contribution is 9.10. The first-order chi connectivity index (χ1) is 12.7. The summed E-state index contributed by atoms with van der Waals surface area (Å²) in [6.45, 7) is 4.31. The van der Waals surface area contributed by atoms with Crippen LogP contribution in [0.1, 0.15) is 0 Å². The molecule has 26 heavy (non-hydrogen) atoms. The lowest BCUT2D eigenvalue weighted by Gasteiger charge is -2.34. The van der Waals surface area contributed by atoms with E-state index in [9.17, 15) is 0 Å². The maximum atomic E-state index is 4.75. The first-order valence-electron chi connectivity index (χ1n) is 8.75. The summed E-state index contributed by atoms with van der Waals surface area (Å²) in [5.41, 5.74) is 5.10. The van der Waals surface area contributed by atoms with E-state index in [4.69, 9.17) is 4.98 Å². The molecule has 1 aliphatic rings. The molecule has 0 aliphatic carbocycles. The lowest BCUT2D eigenvalue weighted by molar-refractivity contribution is 0.313. The van der Waals surface area contributed by atoms with E-state index in [0.29, 0.717) is 0 Å². The molecule has 132 valence electrons. The zero-order chi connectivity index (χ0) is 17.7. The van der Waals surface area contributed by atoms with E-state index in [1.165, 1.54) is 5.69 Å². The Labute approximate surface area is 159 Å². The molecule has 1 saturated heterocycles. The van der Waals surface area contributed by atoms with Crippen molar-refractivity contribution in [1.29, 1.82) is 0 Å². The van der Waals surface area contributed by atoms with E-state index >= 15 is 0 Å². The van der Waals surface area contributed by atoms with Crippen LogP contribution >= 0.6 is 15.9 Å². The summed E-state index contributed by atoms with van der Waals surface area (Å²) in [7, 11) is 2.18. The van der Waals surface area contributed by atoms with Crippen molar-refractivity contribution < 1.29 is 0 Å². The average molecular weight is 411 g/mol. The summed E-state index contributed by atoms with van der Waals surface area (Å²) in [6.07, 6.45) is 0. The fraction of sp³-hybridized carbons (Fsp3) is 0.263. The van der Waals surface area contributed by atoms with Gasteiger partial charge < -0.3 is 14.8 Å². The molecule has 7 heteroatoms. The smallest absolute Gasteiger partial charge is 0.159 e. The number of aromatic nitrogens is 4. The van der Waals surface area contributed by atoms with Gasteiger partial charge in [0.1, 0.15) is 5.69 Å². The number of hydrogen-bond acceptors (Lipinski definition) is 4. The maximum absolute atomic E-state index is 4.75. The summed E-state index contributed by atoms with van der Waals surface area (Å²) >= 11 is 3.50. The Morgan fingerprint density at radius 3 is 2.69 bits per heavy atom. The molecule has 3 heterocycles. The van der Waals surface area contributed by atoms with Crippen LogP contribution in [0, 0.1) is 0 Å². The van der Waals surface area contributed by atoms with E-state index in [1.807, 2.05) is 12.1 Å². The van der Waals surface area contributed by atoms with Gasteiger partial charge in [0.05, 0.1) is 16.6 Å². The van der Waals surface area contributed by atoms with E-state index in [0.717, 1.165) is 64.1 Å². The largest absolute Gasteiger partial charge is 0.369 e. The van der Waals surface area contributed by atoms with Gasteiger partial charge in [-0.25, -0.2) is 4.98 Å². The number of likely N-dealkylation sites (N-methyl/N-ethyl adjacent to an activating group) is 1. The van der Waals surface area contributed by atoms with Crippen LogP contribution in [0.4, 0.5) is 5.69 Å².